The van der Waals surface area contributed by atoms with Crippen LogP contribution in [0.3, 0.4) is 0 Å². The Morgan fingerprint density at radius 3 is 2.17 bits per heavy atom. The molecule has 2 aromatic carbocycles. The van der Waals surface area contributed by atoms with Gasteiger partial charge in [-0.05, 0) is 12.5 Å². The van der Waals surface area contributed by atoms with Crippen molar-refractivity contribution in [2.24, 2.45) is 5.10 Å². The number of benzene rings is 2. The van der Waals surface area contributed by atoms with E-state index in [-0.39, 0.29) is 10.7 Å². The molecule has 0 radical (unpaired) electrons. The number of thiazole rings is 1. The Kier molecular flexibility index (Phi) is 8.04. The van der Waals surface area contributed by atoms with Crippen LogP contribution in [0.15, 0.2) is 65.1 Å². The molecule has 0 fully saturated rings. The Morgan fingerprint density at radius 1 is 0.972 bits per heavy atom. The van der Waals surface area contributed by atoms with E-state index in [9.17, 15) is 40.2 Å². The molecular weight excluding hydrogens is 518 g/mol. The van der Waals surface area contributed by atoms with Gasteiger partial charge < -0.3 is 5.11 Å². The molecule has 13 heteroatoms. The second-order valence-electron chi connectivity index (χ2n) is 7.78. The van der Waals surface area contributed by atoms with Crippen molar-refractivity contribution in [3.8, 4) is 11.3 Å². The van der Waals surface area contributed by atoms with Gasteiger partial charge in [-0.3, -0.25) is 5.43 Å². The molecule has 0 saturated heterocycles. The summed E-state index contributed by atoms with van der Waals surface area (Å²) in [6.45, 7) is 1.90. The molecule has 1 atom stereocenters. The molecule has 0 amide bonds. The van der Waals surface area contributed by atoms with Crippen molar-refractivity contribution < 1.29 is 40.2 Å². The summed E-state index contributed by atoms with van der Waals surface area (Å²) in [6.07, 6.45) is -9.92. The van der Waals surface area contributed by atoms with Gasteiger partial charge in [-0.2, -0.15) is 31.4 Å². The van der Waals surface area contributed by atoms with Gasteiger partial charge in [0.2, 0.25) is 5.13 Å². The average molecular weight is 537 g/mol. The Labute approximate surface area is 204 Å². The molecule has 0 aliphatic heterocycles. The molecule has 0 aliphatic carbocycles. The molecule has 0 bridgehead atoms. The van der Waals surface area contributed by atoms with E-state index in [1.165, 1.54) is 24.3 Å². The quantitative estimate of drug-likeness (QED) is 0.169. The fraction of sp³-hybridized carbons (Fsp3) is 0.304. The van der Waals surface area contributed by atoms with Gasteiger partial charge in [0.05, 0.1) is 11.4 Å². The molecule has 1 heterocycles. The maximum absolute atomic E-state index is 14.2. The summed E-state index contributed by atoms with van der Waals surface area (Å²) in [6, 6.07) is 14.5. The first-order valence-corrected chi connectivity index (χ1v) is 11.2. The van der Waals surface area contributed by atoms with Crippen molar-refractivity contribution in [3.05, 3.63) is 71.1 Å². The van der Waals surface area contributed by atoms with Crippen LogP contribution < -0.4 is 5.43 Å². The topological polar surface area (TPSA) is 57.5 Å². The Morgan fingerprint density at radius 2 is 1.58 bits per heavy atom. The third-order valence-corrected chi connectivity index (χ3v) is 5.91. The van der Waals surface area contributed by atoms with Crippen molar-refractivity contribution in [1.82, 2.24) is 4.98 Å². The predicted octanol–water partition coefficient (Wildman–Crippen LogP) is 6.86. The lowest BCUT2D eigenvalue weighted by Gasteiger charge is -2.34. The number of aryl methyl sites for hydroxylation is 1. The van der Waals surface area contributed by atoms with Crippen LogP contribution in [-0.2, 0) is 0 Å². The summed E-state index contributed by atoms with van der Waals surface area (Å²) >= 11 is 1.08. The van der Waals surface area contributed by atoms with Crippen LogP contribution in [0.25, 0.3) is 11.3 Å². The van der Waals surface area contributed by atoms with Crippen LogP contribution in [0.5, 0.6) is 0 Å². The summed E-state index contributed by atoms with van der Waals surface area (Å²) in [5.41, 5.74) is 4.48. The Balaban J connectivity index is 1.87. The van der Waals surface area contributed by atoms with Crippen LogP contribution in [0.4, 0.5) is 40.3 Å². The summed E-state index contributed by atoms with van der Waals surface area (Å²) in [7, 11) is 0. The lowest BCUT2D eigenvalue weighted by atomic mass is 9.94. The molecule has 2 N–H and O–H groups in total. The largest absolute Gasteiger partial charge is 0.386 e. The van der Waals surface area contributed by atoms with Crippen LogP contribution >= 0.6 is 11.3 Å². The number of rotatable bonds is 10. The summed E-state index contributed by atoms with van der Waals surface area (Å²) in [5.74, 6) is -18.8. The summed E-state index contributed by atoms with van der Waals surface area (Å²) in [4.78, 5) is 4.28. The van der Waals surface area contributed by atoms with Crippen LogP contribution in [0.1, 0.15) is 17.5 Å². The maximum Gasteiger partial charge on any atom is 0.380 e. The minimum atomic E-state index is -6.54. The van der Waals surface area contributed by atoms with Gasteiger partial charge in [-0.25, -0.2) is 13.8 Å². The monoisotopic (exact) mass is 537 g/mol. The first-order chi connectivity index (χ1) is 16.8. The molecule has 0 spiro atoms. The lowest BCUT2D eigenvalue weighted by molar-refractivity contribution is -0.355. The normalized spacial score (nSPS) is 14.2. The van der Waals surface area contributed by atoms with E-state index in [0.717, 1.165) is 22.5 Å². The molecule has 3 rings (SSSR count). The van der Waals surface area contributed by atoms with Crippen molar-refractivity contribution in [1.29, 1.82) is 0 Å². The number of anilines is 1. The highest BCUT2D eigenvalue weighted by atomic mass is 32.1. The third-order valence-electron chi connectivity index (χ3n) is 5.16. The molecule has 0 saturated carbocycles. The standard InChI is InChI=1S/C23H19F8N3OS/c1-13-7-9-15(10-8-13)17-12-36-20(32-17)34-33-16(14-5-3-2-4-6-14)11-18(35)21(26,27)23(30,31)22(28,29)19(24)25/h2-10,12,18-19,35H,11H2,1H3,(H,32,34)/b33-16+. The van der Waals surface area contributed by atoms with Crippen molar-refractivity contribution in [3.63, 3.8) is 0 Å². The second kappa shape index (κ2) is 10.5. The predicted molar refractivity (Wildman–Crippen MR) is 120 cm³/mol. The first-order valence-electron chi connectivity index (χ1n) is 10.3. The molecule has 1 aromatic heterocycles. The molecule has 194 valence electrons. The van der Waals surface area contributed by atoms with Crippen LogP contribution in [0, 0.1) is 6.92 Å². The van der Waals surface area contributed by atoms with E-state index in [1.54, 1.807) is 11.4 Å². The number of aliphatic hydroxyl groups excluding tert-OH is 1. The minimum absolute atomic E-state index is 0.0825. The number of nitrogens with zero attached hydrogens (tertiary/aromatic N) is 2. The molecule has 0 aliphatic rings. The Bertz CT molecular complexity index is 1180. The summed E-state index contributed by atoms with van der Waals surface area (Å²) < 4.78 is 107. The maximum atomic E-state index is 14.2. The highest BCUT2D eigenvalue weighted by molar-refractivity contribution is 7.14. The fourth-order valence-corrected chi connectivity index (χ4v) is 3.70. The van der Waals surface area contributed by atoms with E-state index in [1.807, 2.05) is 31.2 Å². The highest BCUT2D eigenvalue weighted by Crippen LogP contribution is 2.50. The molecule has 4 nitrogen and oxygen atoms in total. The first kappa shape index (κ1) is 27.5. The SMILES string of the molecule is Cc1ccc(-c2csc(N/N=C(\CC(O)C(F)(F)C(F)(F)C(F)(F)C(F)F)c3ccccc3)n2)cc1. The highest BCUT2D eigenvalue weighted by Gasteiger charge is 2.77. The zero-order chi connectivity index (χ0) is 26.7. The summed E-state index contributed by atoms with van der Waals surface area (Å²) in [5, 5.41) is 15.5. The number of alkyl halides is 8. The van der Waals surface area contributed by atoms with Gasteiger partial charge in [0.15, 0.2) is 0 Å². The van der Waals surface area contributed by atoms with E-state index in [2.05, 4.69) is 15.5 Å². The van der Waals surface area contributed by atoms with Gasteiger partial charge in [0, 0.05) is 17.4 Å². The molecule has 36 heavy (non-hydrogen) atoms. The van der Waals surface area contributed by atoms with Crippen LogP contribution in [0.2, 0.25) is 0 Å². The van der Waals surface area contributed by atoms with Gasteiger partial charge in [-0.1, -0.05) is 60.2 Å². The number of hydrogen-bond donors (Lipinski definition) is 2. The van der Waals surface area contributed by atoms with Crippen molar-refractivity contribution in [2.45, 2.75) is 43.6 Å². The number of aromatic nitrogens is 1. The zero-order valence-electron chi connectivity index (χ0n) is 18.4. The Hall–Kier alpha value is -3.06. The van der Waals surface area contributed by atoms with E-state index in [0.29, 0.717) is 5.69 Å². The smallest absolute Gasteiger partial charge is 0.380 e. The second-order valence-corrected chi connectivity index (χ2v) is 8.64. The third kappa shape index (κ3) is 5.51. The van der Waals surface area contributed by atoms with Gasteiger partial charge in [0.25, 0.3) is 0 Å². The number of hydrogen-bond acceptors (Lipinski definition) is 5. The van der Waals surface area contributed by atoms with E-state index in [4.69, 9.17) is 0 Å². The van der Waals surface area contributed by atoms with Crippen molar-refractivity contribution in [2.75, 3.05) is 5.43 Å². The van der Waals surface area contributed by atoms with Gasteiger partial charge >= 0.3 is 24.2 Å². The number of aliphatic hydroxyl groups is 1. The lowest BCUT2D eigenvalue weighted by Crippen LogP contribution is -2.62. The fourth-order valence-electron chi connectivity index (χ4n) is 3.04. The molecule has 3 aromatic rings. The molecule has 1 unspecified atom stereocenters. The van der Waals surface area contributed by atoms with Gasteiger partial charge in [-0.15, -0.1) is 11.3 Å². The minimum Gasteiger partial charge on any atom is -0.386 e. The number of halogens is 8. The van der Waals surface area contributed by atoms with E-state index >= 15 is 0 Å². The van der Waals surface area contributed by atoms with Crippen LogP contribution in [-0.4, -0.2) is 46.1 Å². The zero-order valence-corrected chi connectivity index (χ0v) is 19.2. The van der Waals surface area contributed by atoms with E-state index < -0.39 is 42.4 Å². The number of nitrogens with one attached hydrogen (secondary N) is 1. The molecular formula is C23H19F8N3OS. The van der Waals surface area contributed by atoms with Gasteiger partial charge in [0.1, 0.15) is 6.10 Å². The number of hydrazone groups is 1. The van der Waals surface area contributed by atoms with Crippen molar-refractivity contribution >= 4 is 22.2 Å². The average Bonchev–Trinajstić information content (AvgIpc) is 3.31.